The summed E-state index contributed by atoms with van der Waals surface area (Å²) in [5.41, 5.74) is 4.58. The van der Waals surface area contributed by atoms with E-state index in [1.54, 1.807) is 18.2 Å². The van der Waals surface area contributed by atoms with Crippen LogP contribution >= 0.6 is 11.8 Å². The minimum atomic E-state index is -0.951. The van der Waals surface area contributed by atoms with Crippen molar-refractivity contribution in [2.45, 2.75) is 31.0 Å². The summed E-state index contributed by atoms with van der Waals surface area (Å²) in [4.78, 5) is 15.5. The molecule has 0 unspecified atom stereocenters. The van der Waals surface area contributed by atoms with Crippen LogP contribution in [0.25, 0.3) is 0 Å². The van der Waals surface area contributed by atoms with Crippen molar-refractivity contribution in [1.29, 1.82) is 0 Å². The van der Waals surface area contributed by atoms with Crippen molar-refractivity contribution in [2.24, 2.45) is 16.6 Å². The third-order valence-corrected chi connectivity index (χ3v) is 5.27. The quantitative estimate of drug-likeness (QED) is 0.860. The Hall–Kier alpha value is -1.63. The number of nitrogens with two attached hydrogens (primary N) is 1. The number of hydrogen-bond acceptors (Lipinski definition) is 4. The van der Waals surface area contributed by atoms with Crippen LogP contribution < -0.4 is 5.73 Å². The molecule has 1 fully saturated rings. The molecular formula is C15H16F2N2O2S. The van der Waals surface area contributed by atoms with E-state index >= 15 is 0 Å². The van der Waals surface area contributed by atoms with Crippen molar-refractivity contribution < 1.29 is 18.3 Å². The molecule has 7 heteroatoms. The number of benzene rings is 1. The van der Waals surface area contributed by atoms with Crippen LogP contribution in [0.2, 0.25) is 0 Å². The fourth-order valence-electron chi connectivity index (χ4n) is 3.29. The van der Waals surface area contributed by atoms with Crippen molar-refractivity contribution in [3.05, 3.63) is 35.6 Å². The molecule has 1 saturated carbocycles. The molecule has 0 aromatic heterocycles. The van der Waals surface area contributed by atoms with Crippen molar-refractivity contribution in [2.75, 3.05) is 5.75 Å². The normalized spacial score (nSPS) is 31.1. The predicted octanol–water partition coefficient (Wildman–Crippen LogP) is 3.36. The highest BCUT2D eigenvalue weighted by molar-refractivity contribution is 8.13. The average molecular weight is 326 g/mol. The van der Waals surface area contributed by atoms with Gasteiger partial charge in [-0.1, -0.05) is 30.0 Å². The number of hydrogen-bond donors (Lipinski definition) is 1. The minimum Gasteiger partial charge on any atom is -0.385 e. The van der Waals surface area contributed by atoms with E-state index in [9.17, 15) is 13.6 Å². The van der Waals surface area contributed by atoms with Crippen LogP contribution in [-0.2, 0) is 10.3 Å². The summed E-state index contributed by atoms with van der Waals surface area (Å²) in [6, 6.07) is 6.38. The molecule has 4 nitrogen and oxygen atoms in total. The smallest absolute Gasteiger partial charge is 0.385 e. The van der Waals surface area contributed by atoms with Crippen molar-refractivity contribution >= 4 is 23.1 Å². The van der Waals surface area contributed by atoms with E-state index in [1.165, 1.54) is 17.8 Å². The van der Waals surface area contributed by atoms with Crippen molar-refractivity contribution in [1.82, 2.24) is 0 Å². The number of primary amides is 1. The first-order chi connectivity index (χ1) is 10.5. The molecule has 3 atom stereocenters. The van der Waals surface area contributed by atoms with Gasteiger partial charge in [-0.15, -0.1) is 0 Å². The first-order valence-electron chi connectivity index (χ1n) is 7.10. The summed E-state index contributed by atoms with van der Waals surface area (Å²) in [7, 11) is 0. The number of fused-ring (bicyclic) bond motifs is 1. The minimum absolute atomic E-state index is 0.129. The number of carbonyl (C=O) groups is 1. The lowest BCUT2D eigenvalue weighted by molar-refractivity contribution is 0.121. The number of amides is 1. The molecule has 0 spiro atoms. The fourth-order valence-corrected chi connectivity index (χ4v) is 4.41. The van der Waals surface area contributed by atoms with Gasteiger partial charge in [0.25, 0.3) is 5.23 Å². The van der Waals surface area contributed by atoms with Gasteiger partial charge in [-0.2, -0.15) is 0 Å². The van der Waals surface area contributed by atoms with Crippen LogP contribution in [0.1, 0.15) is 24.8 Å². The third-order valence-electron chi connectivity index (χ3n) is 4.28. The first kappa shape index (κ1) is 15.3. The lowest BCUT2D eigenvalue weighted by Gasteiger charge is -2.45. The summed E-state index contributed by atoms with van der Waals surface area (Å²) >= 11 is 1.22. The van der Waals surface area contributed by atoms with Crippen LogP contribution in [0.15, 0.2) is 29.3 Å². The molecule has 1 aromatic rings. The Morgan fingerprint density at radius 2 is 2.23 bits per heavy atom. The molecule has 1 aliphatic carbocycles. The number of nitrogens with zero attached hydrogens (tertiary/aromatic N) is 1. The van der Waals surface area contributed by atoms with Gasteiger partial charge in [-0.3, -0.25) is 0 Å². The van der Waals surface area contributed by atoms with E-state index in [1.807, 2.05) is 0 Å². The molecule has 1 aromatic carbocycles. The lowest BCUT2D eigenvalue weighted by atomic mass is 9.69. The molecular weight excluding hydrogens is 310 g/mol. The van der Waals surface area contributed by atoms with E-state index in [0.717, 1.165) is 0 Å². The van der Waals surface area contributed by atoms with Crippen LogP contribution in [0.3, 0.4) is 0 Å². The Morgan fingerprint density at radius 1 is 1.45 bits per heavy atom. The Bertz CT molecular complexity index is 625. The van der Waals surface area contributed by atoms with Gasteiger partial charge in [0.2, 0.25) is 0 Å². The van der Waals surface area contributed by atoms with Gasteiger partial charge in [-0.25, -0.2) is 18.6 Å². The Balaban J connectivity index is 2.07. The van der Waals surface area contributed by atoms with E-state index in [-0.39, 0.29) is 17.0 Å². The second kappa shape index (κ2) is 5.87. The molecule has 118 valence electrons. The summed E-state index contributed by atoms with van der Waals surface area (Å²) in [6.45, 7) is 0. The van der Waals surface area contributed by atoms with Gasteiger partial charge in [0.05, 0.1) is 5.54 Å². The molecule has 0 bridgehead atoms. The fraction of sp³-hybridized carbons (Fsp3) is 0.467. The molecule has 22 heavy (non-hydrogen) atoms. The number of rotatable bonds is 1. The van der Waals surface area contributed by atoms with Crippen LogP contribution in [0.4, 0.5) is 13.6 Å². The monoisotopic (exact) mass is 326 g/mol. The van der Waals surface area contributed by atoms with Gasteiger partial charge >= 0.3 is 6.09 Å². The van der Waals surface area contributed by atoms with E-state index in [0.29, 0.717) is 30.6 Å². The van der Waals surface area contributed by atoms with Gasteiger partial charge in [0, 0.05) is 17.2 Å². The summed E-state index contributed by atoms with van der Waals surface area (Å²) in [5, 5.41) is 0.129. The van der Waals surface area contributed by atoms with Crippen LogP contribution in [0, 0.1) is 11.7 Å². The van der Waals surface area contributed by atoms with E-state index in [2.05, 4.69) is 4.99 Å². The predicted molar refractivity (Wildman–Crippen MR) is 80.9 cm³/mol. The Kier molecular flexibility index (Phi) is 4.08. The van der Waals surface area contributed by atoms with Gasteiger partial charge in [-0.05, 0) is 25.3 Å². The molecule has 2 aliphatic rings. The van der Waals surface area contributed by atoms with Gasteiger partial charge in [0.1, 0.15) is 12.0 Å². The topological polar surface area (TPSA) is 64.7 Å². The zero-order valence-corrected chi connectivity index (χ0v) is 12.6. The molecule has 0 radical (unpaired) electrons. The largest absolute Gasteiger partial charge is 0.411 e. The highest BCUT2D eigenvalue weighted by atomic mass is 32.2. The number of halogens is 2. The Labute approximate surface area is 131 Å². The lowest BCUT2D eigenvalue weighted by Crippen LogP contribution is -2.45. The second-order valence-corrected chi connectivity index (χ2v) is 6.55. The number of alkyl halides is 1. The van der Waals surface area contributed by atoms with Gasteiger partial charge < -0.3 is 10.5 Å². The van der Waals surface area contributed by atoms with Gasteiger partial charge in [0.15, 0.2) is 0 Å². The Morgan fingerprint density at radius 3 is 2.95 bits per heavy atom. The molecule has 1 amide bonds. The zero-order valence-electron chi connectivity index (χ0n) is 11.8. The molecule has 1 heterocycles. The highest BCUT2D eigenvalue weighted by Crippen LogP contribution is 2.50. The van der Waals surface area contributed by atoms with Crippen LogP contribution in [0.5, 0.6) is 0 Å². The highest BCUT2D eigenvalue weighted by Gasteiger charge is 2.49. The van der Waals surface area contributed by atoms with E-state index in [4.69, 9.17) is 10.5 Å². The molecule has 3 rings (SSSR count). The van der Waals surface area contributed by atoms with Crippen molar-refractivity contribution in [3.63, 3.8) is 0 Å². The maximum absolute atomic E-state index is 14.3. The molecule has 2 N–H and O–H groups in total. The second-order valence-electron chi connectivity index (χ2n) is 5.58. The molecule has 0 saturated heterocycles. The maximum atomic E-state index is 14.3. The standard InChI is InChI=1S/C15H16F2N2O2S/c16-10-5-6-15(11-3-1-2-4-12(11)17)9(7-10)8-22-14(19-15)21-13(18)20/h1-4,9-10H,5-8H2,(H2,18,20)/t9-,10-,15-/m0/s1. The summed E-state index contributed by atoms with van der Waals surface area (Å²) in [5.74, 6) is -0.00168. The number of ether oxygens (including phenoxy) is 1. The maximum Gasteiger partial charge on any atom is 0.411 e. The average Bonchev–Trinajstić information content (AvgIpc) is 2.47. The zero-order chi connectivity index (χ0) is 15.7. The molecule has 1 aliphatic heterocycles. The number of thioether (sulfide) groups is 1. The summed E-state index contributed by atoms with van der Waals surface area (Å²) in [6.07, 6.45) is -0.837. The van der Waals surface area contributed by atoms with Crippen LogP contribution in [-0.4, -0.2) is 23.2 Å². The SMILES string of the molecule is NC(=O)OC1=N[C@@]2(c3ccccc3F)CC[C@H](F)C[C@H]2CS1. The summed E-state index contributed by atoms with van der Waals surface area (Å²) < 4.78 is 33.0. The van der Waals surface area contributed by atoms with Crippen molar-refractivity contribution in [3.8, 4) is 0 Å². The first-order valence-corrected chi connectivity index (χ1v) is 8.09. The van der Waals surface area contributed by atoms with E-state index < -0.39 is 17.8 Å². The third kappa shape index (κ3) is 2.69. The number of carbonyl (C=O) groups excluding carboxylic acids is 1. The number of aliphatic imine (C=N–C) groups is 1.